The smallest absolute Gasteiger partial charge is 0.266 e. The van der Waals surface area contributed by atoms with Gasteiger partial charge < -0.3 is 15.7 Å². The number of aromatic nitrogens is 2. The molecule has 0 aliphatic carbocycles. The number of hydrogen-bond donors (Lipinski definition) is 2. The largest absolute Gasteiger partial charge is 0.397 e. The summed E-state index contributed by atoms with van der Waals surface area (Å²) in [6.45, 7) is 3.01. The molecule has 0 radical (unpaired) electrons. The molecule has 1 amide bonds. The van der Waals surface area contributed by atoms with Crippen LogP contribution in [0.25, 0.3) is 10.2 Å². The fourth-order valence-corrected chi connectivity index (χ4v) is 3.41. The van der Waals surface area contributed by atoms with Gasteiger partial charge in [-0.1, -0.05) is 6.92 Å². The van der Waals surface area contributed by atoms with Gasteiger partial charge in [0.15, 0.2) is 0 Å². The van der Waals surface area contributed by atoms with Crippen LogP contribution in [0.4, 0.5) is 5.69 Å². The molecule has 3 heterocycles. The minimum absolute atomic E-state index is 0.128. The molecule has 3 rings (SSSR count). The van der Waals surface area contributed by atoms with Crippen LogP contribution in [0.2, 0.25) is 0 Å². The van der Waals surface area contributed by atoms with Crippen molar-refractivity contribution in [2.75, 3.05) is 18.8 Å². The van der Waals surface area contributed by atoms with Gasteiger partial charge >= 0.3 is 0 Å². The van der Waals surface area contributed by atoms with Crippen LogP contribution in [-0.4, -0.2) is 45.3 Å². The van der Waals surface area contributed by atoms with Crippen molar-refractivity contribution in [2.24, 2.45) is 5.92 Å². The van der Waals surface area contributed by atoms with Gasteiger partial charge in [-0.2, -0.15) is 5.10 Å². The van der Waals surface area contributed by atoms with Gasteiger partial charge in [-0.05, 0) is 18.4 Å². The van der Waals surface area contributed by atoms with E-state index in [2.05, 4.69) is 10.2 Å². The van der Waals surface area contributed by atoms with E-state index in [1.807, 2.05) is 6.92 Å². The predicted octanol–water partition coefficient (Wildman–Crippen LogP) is 1.12. The maximum Gasteiger partial charge on any atom is 0.266 e. The Balaban J connectivity index is 1.91. The fraction of sp³-hybridized carbons (Fsp3) is 0.462. The van der Waals surface area contributed by atoms with Gasteiger partial charge in [-0.3, -0.25) is 4.79 Å². The lowest BCUT2D eigenvalue weighted by Crippen LogP contribution is -2.45. The zero-order chi connectivity index (χ0) is 14.3. The van der Waals surface area contributed by atoms with Gasteiger partial charge in [0.2, 0.25) is 0 Å². The Hall–Kier alpha value is -1.73. The number of nitrogens with two attached hydrogens (primary N) is 1. The van der Waals surface area contributed by atoms with E-state index in [4.69, 9.17) is 5.73 Å². The third-order valence-electron chi connectivity index (χ3n) is 3.82. The maximum absolute atomic E-state index is 12.5. The van der Waals surface area contributed by atoms with Crippen molar-refractivity contribution in [1.82, 2.24) is 15.1 Å². The van der Waals surface area contributed by atoms with Gasteiger partial charge in [-0.15, -0.1) is 16.4 Å². The molecule has 0 spiro atoms. The van der Waals surface area contributed by atoms with Crippen LogP contribution >= 0.6 is 11.3 Å². The number of likely N-dealkylation sites (tertiary alicyclic amines) is 1. The molecule has 1 fully saturated rings. The topological polar surface area (TPSA) is 92.3 Å². The highest BCUT2D eigenvalue weighted by molar-refractivity contribution is 7.21. The van der Waals surface area contributed by atoms with E-state index in [1.165, 1.54) is 11.3 Å². The Morgan fingerprint density at radius 2 is 2.40 bits per heavy atom. The fourth-order valence-electron chi connectivity index (χ4n) is 2.41. The minimum atomic E-state index is -0.469. The minimum Gasteiger partial charge on any atom is -0.397 e. The third kappa shape index (κ3) is 2.12. The Kier molecular flexibility index (Phi) is 3.31. The Bertz CT molecular complexity index is 657. The van der Waals surface area contributed by atoms with E-state index >= 15 is 0 Å². The highest BCUT2D eigenvalue weighted by Gasteiger charge is 2.30. The quantitative estimate of drug-likeness (QED) is 0.821. The first kappa shape index (κ1) is 13.3. The van der Waals surface area contributed by atoms with Crippen LogP contribution in [0.3, 0.4) is 0 Å². The summed E-state index contributed by atoms with van der Waals surface area (Å²) in [4.78, 5) is 15.4. The number of piperidine rings is 1. The lowest BCUT2D eigenvalue weighted by atomic mass is 9.96. The molecule has 2 unspecified atom stereocenters. The number of carbonyl (C=O) groups excluding carboxylic acids is 1. The molecular weight excluding hydrogens is 276 g/mol. The number of β-amino-alcohol motifs (C(OH)–C–C–N with tert-alkyl or cyclic N) is 1. The summed E-state index contributed by atoms with van der Waals surface area (Å²) in [5.41, 5.74) is 6.50. The van der Waals surface area contributed by atoms with Crippen LogP contribution in [0.15, 0.2) is 12.3 Å². The van der Waals surface area contributed by atoms with Gasteiger partial charge in [0.1, 0.15) is 9.71 Å². The van der Waals surface area contributed by atoms with E-state index in [0.717, 1.165) is 11.8 Å². The number of nitrogens with zero attached hydrogens (tertiary/aromatic N) is 3. The molecule has 0 bridgehead atoms. The molecule has 2 aromatic rings. The molecule has 2 atom stereocenters. The predicted molar refractivity (Wildman–Crippen MR) is 77.5 cm³/mol. The molecule has 2 aromatic heterocycles. The molecule has 6 nitrogen and oxygen atoms in total. The summed E-state index contributed by atoms with van der Waals surface area (Å²) in [6.07, 6.45) is 1.90. The third-order valence-corrected chi connectivity index (χ3v) is 4.91. The van der Waals surface area contributed by atoms with Crippen LogP contribution in [0, 0.1) is 5.92 Å². The average molecular weight is 292 g/mol. The van der Waals surface area contributed by atoms with Crippen molar-refractivity contribution in [3.05, 3.63) is 17.1 Å². The van der Waals surface area contributed by atoms with Crippen molar-refractivity contribution in [1.29, 1.82) is 0 Å². The second kappa shape index (κ2) is 4.99. The summed E-state index contributed by atoms with van der Waals surface area (Å²) in [7, 11) is 0. The zero-order valence-corrected chi connectivity index (χ0v) is 11.9. The second-order valence-corrected chi connectivity index (χ2v) is 6.18. The summed E-state index contributed by atoms with van der Waals surface area (Å²) in [5, 5.41) is 18.5. The van der Waals surface area contributed by atoms with E-state index in [0.29, 0.717) is 28.5 Å². The van der Waals surface area contributed by atoms with Crippen LogP contribution < -0.4 is 5.73 Å². The molecule has 0 aromatic carbocycles. The standard InChI is InChI=1S/C13H16N4O2S/c1-7-3-5-17(6-9(7)18)13(19)11-10(14)8-2-4-15-16-12(8)20-11/h2,4,7,9,18H,3,5-6,14H2,1H3. The normalized spacial score (nSPS) is 23.2. The molecule has 20 heavy (non-hydrogen) atoms. The average Bonchev–Trinajstić information content (AvgIpc) is 2.79. The summed E-state index contributed by atoms with van der Waals surface area (Å²) in [6, 6.07) is 1.76. The van der Waals surface area contributed by atoms with Crippen LogP contribution in [0.1, 0.15) is 23.0 Å². The van der Waals surface area contributed by atoms with E-state index in [-0.39, 0.29) is 11.8 Å². The van der Waals surface area contributed by atoms with Crippen molar-refractivity contribution in [2.45, 2.75) is 19.4 Å². The molecule has 7 heteroatoms. The maximum atomic E-state index is 12.5. The highest BCUT2D eigenvalue weighted by Crippen LogP contribution is 2.33. The van der Waals surface area contributed by atoms with Gasteiger partial charge in [-0.25, -0.2) is 0 Å². The van der Waals surface area contributed by atoms with E-state index in [1.54, 1.807) is 17.2 Å². The summed E-state index contributed by atoms with van der Waals surface area (Å²) in [5.74, 6) is 0.0983. The summed E-state index contributed by atoms with van der Waals surface area (Å²) < 4.78 is 0. The number of aliphatic hydroxyl groups excluding tert-OH is 1. The number of amides is 1. The zero-order valence-electron chi connectivity index (χ0n) is 11.1. The Morgan fingerprint density at radius 1 is 1.60 bits per heavy atom. The Labute approximate surface area is 120 Å². The lowest BCUT2D eigenvalue weighted by molar-refractivity contribution is 0.0252. The number of carbonyl (C=O) groups is 1. The number of hydrogen-bond acceptors (Lipinski definition) is 6. The van der Waals surface area contributed by atoms with Gasteiger partial charge in [0.05, 0.1) is 18.0 Å². The summed E-state index contributed by atoms with van der Waals surface area (Å²) >= 11 is 1.26. The number of aliphatic hydroxyl groups is 1. The van der Waals surface area contributed by atoms with Crippen molar-refractivity contribution in [3.8, 4) is 0 Å². The molecule has 3 N–H and O–H groups in total. The van der Waals surface area contributed by atoms with Gasteiger partial charge in [0, 0.05) is 18.5 Å². The van der Waals surface area contributed by atoms with Crippen molar-refractivity contribution in [3.63, 3.8) is 0 Å². The van der Waals surface area contributed by atoms with Gasteiger partial charge in [0.25, 0.3) is 5.91 Å². The van der Waals surface area contributed by atoms with E-state index in [9.17, 15) is 9.90 Å². The first-order chi connectivity index (χ1) is 9.58. The molecular formula is C13H16N4O2S. The van der Waals surface area contributed by atoms with Crippen LogP contribution in [-0.2, 0) is 0 Å². The molecule has 1 saturated heterocycles. The van der Waals surface area contributed by atoms with E-state index < -0.39 is 6.10 Å². The SMILES string of the molecule is CC1CCN(C(=O)c2sc3nnccc3c2N)CC1O. The first-order valence-corrected chi connectivity index (χ1v) is 7.36. The number of thiophene rings is 1. The molecule has 1 aliphatic rings. The number of fused-ring (bicyclic) bond motifs is 1. The Morgan fingerprint density at radius 3 is 3.10 bits per heavy atom. The molecule has 1 aliphatic heterocycles. The highest BCUT2D eigenvalue weighted by atomic mass is 32.1. The number of anilines is 1. The molecule has 0 saturated carbocycles. The van der Waals surface area contributed by atoms with Crippen molar-refractivity contribution < 1.29 is 9.90 Å². The number of rotatable bonds is 1. The van der Waals surface area contributed by atoms with Crippen LogP contribution in [0.5, 0.6) is 0 Å². The van der Waals surface area contributed by atoms with Crippen molar-refractivity contribution >= 4 is 33.1 Å². The first-order valence-electron chi connectivity index (χ1n) is 6.55. The monoisotopic (exact) mass is 292 g/mol. The molecule has 106 valence electrons. The lowest BCUT2D eigenvalue weighted by Gasteiger charge is -2.34. The second-order valence-electron chi connectivity index (χ2n) is 5.18. The number of nitrogen functional groups attached to an aromatic ring is 1.